The lowest BCUT2D eigenvalue weighted by atomic mass is 10.0. The van der Waals surface area contributed by atoms with Crippen molar-refractivity contribution in [3.05, 3.63) is 35.4 Å². The summed E-state index contributed by atoms with van der Waals surface area (Å²) < 4.78 is 26.4. The second-order valence-corrected chi connectivity index (χ2v) is 4.16. The molecular formula is C12H18F2N2. The van der Waals surface area contributed by atoms with Gasteiger partial charge in [0.15, 0.2) is 11.6 Å². The van der Waals surface area contributed by atoms with Gasteiger partial charge in [0, 0.05) is 12.6 Å². The van der Waals surface area contributed by atoms with Crippen LogP contribution in [0.25, 0.3) is 0 Å². The Morgan fingerprint density at radius 1 is 1.31 bits per heavy atom. The van der Waals surface area contributed by atoms with Crippen LogP contribution in [-0.2, 0) is 6.42 Å². The van der Waals surface area contributed by atoms with E-state index in [4.69, 9.17) is 0 Å². The largest absolute Gasteiger partial charge is 0.315 e. The van der Waals surface area contributed by atoms with Gasteiger partial charge in [-0.3, -0.25) is 0 Å². The Morgan fingerprint density at radius 3 is 2.56 bits per heavy atom. The van der Waals surface area contributed by atoms with E-state index in [2.05, 4.69) is 5.32 Å². The smallest absolute Gasteiger partial charge is 0.162 e. The molecule has 0 aliphatic rings. The Morgan fingerprint density at radius 2 is 2.00 bits per heavy atom. The normalized spacial score (nSPS) is 13.1. The quantitative estimate of drug-likeness (QED) is 0.824. The molecule has 0 fully saturated rings. The van der Waals surface area contributed by atoms with Gasteiger partial charge in [-0.05, 0) is 39.2 Å². The van der Waals surface area contributed by atoms with Gasteiger partial charge in [0.05, 0.1) is 0 Å². The summed E-state index contributed by atoms with van der Waals surface area (Å²) >= 11 is 0. The van der Waals surface area contributed by atoms with E-state index in [1.807, 2.05) is 26.0 Å². The number of halogens is 2. The van der Waals surface area contributed by atoms with E-state index in [0.717, 1.165) is 12.6 Å². The topological polar surface area (TPSA) is 15.3 Å². The van der Waals surface area contributed by atoms with Gasteiger partial charge in [-0.1, -0.05) is 12.1 Å². The lowest BCUT2D eigenvalue weighted by Crippen LogP contribution is -2.37. The van der Waals surface area contributed by atoms with Gasteiger partial charge < -0.3 is 10.2 Å². The van der Waals surface area contributed by atoms with Gasteiger partial charge in [-0.2, -0.15) is 0 Å². The molecule has 0 saturated heterocycles. The first kappa shape index (κ1) is 13.1. The molecular weight excluding hydrogens is 210 g/mol. The third-order valence-electron chi connectivity index (χ3n) is 2.49. The lowest BCUT2D eigenvalue weighted by molar-refractivity contribution is 0.344. The molecule has 1 atom stereocenters. The van der Waals surface area contributed by atoms with Gasteiger partial charge in [0.2, 0.25) is 0 Å². The third kappa shape index (κ3) is 3.54. The molecule has 1 aromatic carbocycles. The van der Waals surface area contributed by atoms with E-state index in [0.29, 0.717) is 12.0 Å². The number of nitrogens with zero attached hydrogens (tertiary/aromatic N) is 1. The highest BCUT2D eigenvalue weighted by Crippen LogP contribution is 2.13. The fourth-order valence-corrected chi connectivity index (χ4v) is 1.67. The average Bonchev–Trinajstić information content (AvgIpc) is 2.23. The molecule has 0 aromatic heterocycles. The first-order valence-corrected chi connectivity index (χ1v) is 5.29. The van der Waals surface area contributed by atoms with Crippen molar-refractivity contribution in [2.75, 3.05) is 27.7 Å². The Hall–Kier alpha value is -1.00. The number of likely N-dealkylation sites (N-methyl/N-ethyl adjacent to an activating group) is 2. The SMILES string of the molecule is CNC(Cc1cccc(F)c1F)CN(C)C. The fraction of sp³-hybridized carbons (Fsp3) is 0.500. The van der Waals surface area contributed by atoms with Crippen molar-refractivity contribution in [1.82, 2.24) is 10.2 Å². The summed E-state index contributed by atoms with van der Waals surface area (Å²) in [5.74, 6) is -1.52. The van der Waals surface area contributed by atoms with Gasteiger partial charge >= 0.3 is 0 Å². The van der Waals surface area contributed by atoms with Crippen molar-refractivity contribution in [2.45, 2.75) is 12.5 Å². The average molecular weight is 228 g/mol. The summed E-state index contributed by atoms with van der Waals surface area (Å²) in [5, 5.41) is 3.10. The van der Waals surface area contributed by atoms with E-state index >= 15 is 0 Å². The molecule has 0 heterocycles. The first-order valence-electron chi connectivity index (χ1n) is 5.29. The van der Waals surface area contributed by atoms with Crippen molar-refractivity contribution < 1.29 is 8.78 Å². The minimum absolute atomic E-state index is 0.117. The van der Waals surface area contributed by atoms with Crippen LogP contribution < -0.4 is 5.32 Å². The highest BCUT2D eigenvalue weighted by molar-refractivity contribution is 5.20. The molecule has 0 amide bonds. The minimum Gasteiger partial charge on any atom is -0.315 e. The predicted octanol–water partition coefficient (Wildman–Crippen LogP) is 1.66. The summed E-state index contributed by atoms with van der Waals surface area (Å²) in [5.41, 5.74) is 0.418. The third-order valence-corrected chi connectivity index (χ3v) is 2.49. The van der Waals surface area contributed by atoms with Crippen LogP contribution >= 0.6 is 0 Å². The fourth-order valence-electron chi connectivity index (χ4n) is 1.67. The van der Waals surface area contributed by atoms with Gasteiger partial charge in [0.1, 0.15) is 0 Å². The van der Waals surface area contributed by atoms with Crippen molar-refractivity contribution in [3.8, 4) is 0 Å². The molecule has 1 rings (SSSR count). The van der Waals surface area contributed by atoms with Crippen LogP contribution in [0.5, 0.6) is 0 Å². The summed E-state index contributed by atoms with van der Waals surface area (Å²) in [6.45, 7) is 0.784. The zero-order valence-corrected chi connectivity index (χ0v) is 9.93. The molecule has 4 heteroatoms. The summed E-state index contributed by atoms with van der Waals surface area (Å²) in [7, 11) is 5.73. The minimum atomic E-state index is -0.780. The highest BCUT2D eigenvalue weighted by atomic mass is 19.2. The maximum Gasteiger partial charge on any atom is 0.162 e. The van der Waals surface area contributed by atoms with E-state index < -0.39 is 11.6 Å². The van der Waals surface area contributed by atoms with Crippen molar-refractivity contribution in [3.63, 3.8) is 0 Å². The summed E-state index contributed by atoms with van der Waals surface area (Å²) in [6, 6.07) is 4.42. The number of hydrogen-bond donors (Lipinski definition) is 1. The van der Waals surface area contributed by atoms with Gasteiger partial charge in [0.25, 0.3) is 0 Å². The second kappa shape index (κ2) is 5.92. The van der Waals surface area contributed by atoms with Crippen molar-refractivity contribution in [2.24, 2.45) is 0 Å². The van der Waals surface area contributed by atoms with Crippen LogP contribution in [0, 0.1) is 11.6 Å². The number of nitrogens with one attached hydrogen (secondary N) is 1. The maximum absolute atomic E-state index is 13.4. The zero-order chi connectivity index (χ0) is 12.1. The van der Waals surface area contributed by atoms with Crippen molar-refractivity contribution >= 4 is 0 Å². The molecule has 1 N–H and O–H groups in total. The molecule has 2 nitrogen and oxygen atoms in total. The van der Waals surface area contributed by atoms with Gasteiger partial charge in [-0.15, -0.1) is 0 Å². The van der Waals surface area contributed by atoms with Gasteiger partial charge in [-0.25, -0.2) is 8.78 Å². The molecule has 90 valence electrons. The molecule has 1 aromatic rings. The number of hydrogen-bond acceptors (Lipinski definition) is 2. The van der Waals surface area contributed by atoms with Crippen LogP contribution in [-0.4, -0.2) is 38.6 Å². The zero-order valence-electron chi connectivity index (χ0n) is 9.93. The molecule has 0 radical (unpaired) electrons. The summed E-state index contributed by atoms with van der Waals surface area (Å²) in [4.78, 5) is 2.01. The van der Waals surface area contributed by atoms with Crippen LogP contribution in [0.1, 0.15) is 5.56 Å². The van der Waals surface area contributed by atoms with E-state index in [9.17, 15) is 8.78 Å². The number of rotatable bonds is 5. The standard InChI is InChI=1S/C12H18F2N2/c1-15-10(8-16(2)3)7-9-5-4-6-11(13)12(9)14/h4-6,10,15H,7-8H2,1-3H3. The molecule has 1 unspecified atom stereocenters. The molecule has 0 bridgehead atoms. The predicted molar refractivity (Wildman–Crippen MR) is 61.5 cm³/mol. The Bertz CT molecular complexity index is 340. The van der Waals surface area contributed by atoms with Crippen LogP contribution in [0.15, 0.2) is 18.2 Å². The Balaban J connectivity index is 2.74. The van der Waals surface area contributed by atoms with Crippen molar-refractivity contribution in [1.29, 1.82) is 0 Å². The monoisotopic (exact) mass is 228 g/mol. The van der Waals surface area contributed by atoms with E-state index in [1.165, 1.54) is 6.07 Å². The van der Waals surface area contributed by atoms with E-state index in [1.54, 1.807) is 6.07 Å². The molecule has 0 aliphatic carbocycles. The summed E-state index contributed by atoms with van der Waals surface area (Å²) in [6.07, 6.45) is 0.484. The molecule has 0 spiro atoms. The molecule has 0 aliphatic heterocycles. The first-order chi connectivity index (χ1) is 7.54. The van der Waals surface area contributed by atoms with Crippen LogP contribution in [0.3, 0.4) is 0 Å². The van der Waals surface area contributed by atoms with Crippen LogP contribution in [0.4, 0.5) is 8.78 Å². The van der Waals surface area contributed by atoms with E-state index in [-0.39, 0.29) is 6.04 Å². The Labute approximate surface area is 95.3 Å². The second-order valence-electron chi connectivity index (χ2n) is 4.16. The molecule has 0 saturated carbocycles. The molecule has 16 heavy (non-hydrogen) atoms. The highest BCUT2D eigenvalue weighted by Gasteiger charge is 2.13. The Kier molecular flexibility index (Phi) is 4.83. The lowest BCUT2D eigenvalue weighted by Gasteiger charge is -2.20. The number of benzene rings is 1. The van der Waals surface area contributed by atoms with Crippen LogP contribution in [0.2, 0.25) is 0 Å². The maximum atomic E-state index is 13.4.